The highest BCUT2D eigenvalue weighted by Gasteiger charge is 2.06. The summed E-state index contributed by atoms with van der Waals surface area (Å²) < 4.78 is 23.5. The van der Waals surface area contributed by atoms with Crippen molar-refractivity contribution in [1.29, 1.82) is 0 Å². The second kappa shape index (κ2) is 12.5. The van der Waals surface area contributed by atoms with Crippen LogP contribution in [0.25, 0.3) is 0 Å². The Kier molecular flexibility index (Phi) is 10.7. The van der Waals surface area contributed by atoms with Crippen molar-refractivity contribution in [2.24, 2.45) is 4.99 Å². The summed E-state index contributed by atoms with van der Waals surface area (Å²) in [7, 11) is 0. The fourth-order valence-corrected chi connectivity index (χ4v) is 2.07. The molecule has 1 unspecified atom stereocenters. The molecule has 0 saturated carbocycles. The molecular weight excluding hydrogens is 452 g/mol. The van der Waals surface area contributed by atoms with Crippen LogP contribution in [0.5, 0.6) is 5.75 Å². The van der Waals surface area contributed by atoms with E-state index in [0.717, 1.165) is 18.7 Å². The van der Waals surface area contributed by atoms with Gasteiger partial charge in [-0.25, -0.2) is 4.39 Å². The van der Waals surface area contributed by atoms with Gasteiger partial charge in [-0.05, 0) is 43.3 Å². The molecule has 8 heteroatoms. The Morgan fingerprint density at radius 3 is 2.69 bits per heavy atom. The molecule has 1 aromatic heterocycles. The van der Waals surface area contributed by atoms with Gasteiger partial charge in [0, 0.05) is 19.5 Å². The Morgan fingerprint density at radius 1 is 1.27 bits per heavy atom. The summed E-state index contributed by atoms with van der Waals surface area (Å²) in [4.78, 5) is 4.33. The van der Waals surface area contributed by atoms with Gasteiger partial charge in [-0.1, -0.05) is 0 Å². The van der Waals surface area contributed by atoms with E-state index in [2.05, 4.69) is 15.6 Å². The molecule has 144 valence electrons. The first-order valence-electron chi connectivity index (χ1n) is 8.28. The Labute approximate surface area is 169 Å². The van der Waals surface area contributed by atoms with E-state index in [-0.39, 0.29) is 42.9 Å². The van der Waals surface area contributed by atoms with Crippen LogP contribution in [0.2, 0.25) is 0 Å². The van der Waals surface area contributed by atoms with Crippen LogP contribution in [0.1, 0.15) is 12.7 Å². The summed E-state index contributed by atoms with van der Waals surface area (Å²) in [5.74, 6) is 1.70. The van der Waals surface area contributed by atoms with Gasteiger partial charge < -0.3 is 24.9 Å². The number of guanidine groups is 1. The van der Waals surface area contributed by atoms with E-state index in [1.807, 2.05) is 19.1 Å². The first-order valence-corrected chi connectivity index (χ1v) is 8.28. The minimum Gasteiger partial charge on any atom is -0.491 e. The molecule has 3 N–H and O–H groups in total. The lowest BCUT2D eigenvalue weighted by atomic mass is 10.3. The third-order valence-corrected chi connectivity index (χ3v) is 3.30. The molecule has 0 fully saturated rings. The van der Waals surface area contributed by atoms with Crippen molar-refractivity contribution < 1.29 is 18.7 Å². The normalized spacial score (nSPS) is 12.2. The SMILES string of the molecule is CCNC(=NCC(O)COc1ccc(F)cc1)NCCc1ccco1.I. The van der Waals surface area contributed by atoms with Gasteiger partial charge in [-0.3, -0.25) is 4.99 Å². The zero-order chi connectivity index (χ0) is 17.9. The molecule has 0 amide bonds. The van der Waals surface area contributed by atoms with Crippen molar-refractivity contribution in [3.63, 3.8) is 0 Å². The molecule has 2 aromatic rings. The minimum absolute atomic E-state index is 0. The van der Waals surface area contributed by atoms with E-state index in [1.54, 1.807) is 6.26 Å². The lowest BCUT2D eigenvalue weighted by molar-refractivity contribution is 0.114. The van der Waals surface area contributed by atoms with Crippen LogP contribution >= 0.6 is 24.0 Å². The molecule has 0 saturated heterocycles. The number of halogens is 2. The predicted molar refractivity (Wildman–Crippen MR) is 110 cm³/mol. The van der Waals surface area contributed by atoms with Crippen LogP contribution in [0.4, 0.5) is 4.39 Å². The number of nitrogens with one attached hydrogen (secondary N) is 2. The van der Waals surface area contributed by atoms with Crippen molar-refractivity contribution in [2.45, 2.75) is 19.4 Å². The third-order valence-electron chi connectivity index (χ3n) is 3.30. The van der Waals surface area contributed by atoms with E-state index in [4.69, 9.17) is 9.15 Å². The quantitative estimate of drug-likeness (QED) is 0.294. The second-order valence-corrected chi connectivity index (χ2v) is 5.39. The Bertz CT molecular complexity index is 636. The molecule has 1 aromatic carbocycles. The van der Waals surface area contributed by atoms with Crippen molar-refractivity contribution in [3.8, 4) is 5.75 Å². The van der Waals surface area contributed by atoms with Crippen LogP contribution < -0.4 is 15.4 Å². The number of ether oxygens (including phenoxy) is 1. The molecule has 0 spiro atoms. The van der Waals surface area contributed by atoms with Crippen molar-refractivity contribution in [2.75, 3.05) is 26.2 Å². The van der Waals surface area contributed by atoms with Crippen molar-refractivity contribution >= 4 is 29.9 Å². The van der Waals surface area contributed by atoms with E-state index < -0.39 is 6.10 Å². The zero-order valence-corrected chi connectivity index (χ0v) is 17.0. The average Bonchev–Trinajstić information content (AvgIpc) is 3.12. The summed E-state index contributed by atoms with van der Waals surface area (Å²) in [6, 6.07) is 9.43. The molecule has 1 heterocycles. The van der Waals surface area contributed by atoms with Crippen LogP contribution in [0, 0.1) is 5.82 Å². The van der Waals surface area contributed by atoms with Gasteiger partial charge in [0.1, 0.15) is 30.0 Å². The molecule has 0 radical (unpaired) electrons. The van der Waals surface area contributed by atoms with E-state index in [9.17, 15) is 9.50 Å². The topological polar surface area (TPSA) is 79.0 Å². The number of nitrogens with zero attached hydrogens (tertiary/aromatic N) is 1. The molecule has 0 aliphatic carbocycles. The largest absolute Gasteiger partial charge is 0.491 e. The highest BCUT2D eigenvalue weighted by molar-refractivity contribution is 14.0. The van der Waals surface area contributed by atoms with Crippen molar-refractivity contribution in [3.05, 3.63) is 54.2 Å². The van der Waals surface area contributed by atoms with Gasteiger partial charge in [-0.2, -0.15) is 0 Å². The van der Waals surface area contributed by atoms with E-state index in [1.165, 1.54) is 24.3 Å². The summed E-state index contributed by atoms with van der Waals surface area (Å²) in [5, 5.41) is 16.3. The lowest BCUT2D eigenvalue weighted by Gasteiger charge is -2.13. The molecule has 26 heavy (non-hydrogen) atoms. The zero-order valence-electron chi connectivity index (χ0n) is 14.7. The first kappa shape index (κ1) is 22.2. The maximum absolute atomic E-state index is 12.8. The molecule has 0 bridgehead atoms. The second-order valence-electron chi connectivity index (χ2n) is 5.39. The highest BCUT2D eigenvalue weighted by Crippen LogP contribution is 2.11. The number of aliphatic hydroxyl groups is 1. The number of hydrogen-bond donors (Lipinski definition) is 3. The molecule has 1 atom stereocenters. The van der Waals surface area contributed by atoms with Crippen LogP contribution in [-0.2, 0) is 6.42 Å². The molecule has 2 rings (SSSR count). The maximum Gasteiger partial charge on any atom is 0.191 e. The summed E-state index contributed by atoms with van der Waals surface area (Å²) >= 11 is 0. The van der Waals surface area contributed by atoms with Gasteiger partial charge in [0.15, 0.2) is 5.96 Å². The summed E-state index contributed by atoms with van der Waals surface area (Å²) in [6.07, 6.45) is 1.63. The Balaban J connectivity index is 0.00000338. The lowest BCUT2D eigenvalue weighted by Crippen LogP contribution is -2.39. The van der Waals surface area contributed by atoms with Crippen LogP contribution in [0.15, 0.2) is 52.1 Å². The number of rotatable bonds is 9. The summed E-state index contributed by atoms with van der Waals surface area (Å²) in [5.41, 5.74) is 0. The monoisotopic (exact) mass is 477 g/mol. The van der Waals surface area contributed by atoms with Gasteiger partial charge in [0.2, 0.25) is 0 Å². The van der Waals surface area contributed by atoms with Gasteiger partial charge >= 0.3 is 0 Å². The minimum atomic E-state index is -0.759. The van der Waals surface area contributed by atoms with Gasteiger partial charge in [0.05, 0.1) is 12.8 Å². The number of furan rings is 1. The van der Waals surface area contributed by atoms with Crippen molar-refractivity contribution in [1.82, 2.24) is 10.6 Å². The fraction of sp³-hybridized carbons (Fsp3) is 0.389. The number of aliphatic hydroxyl groups excluding tert-OH is 1. The molecule has 6 nitrogen and oxygen atoms in total. The fourth-order valence-electron chi connectivity index (χ4n) is 2.07. The first-order chi connectivity index (χ1) is 12.2. The van der Waals surface area contributed by atoms with E-state index >= 15 is 0 Å². The maximum atomic E-state index is 12.8. The highest BCUT2D eigenvalue weighted by atomic mass is 127. The summed E-state index contributed by atoms with van der Waals surface area (Å²) in [6.45, 7) is 3.63. The molecular formula is C18H25FIN3O3. The van der Waals surface area contributed by atoms with Crippen LogP contribution in [-0.4, -0.2) is 43.4 Å². The molecule has 0 aliphatic heterocycles. The average molecular weight is 477 g/mol. The van der Waals surface area contributed by atoms with Gasteiger partial charge in [0.25, 0.3) is 0 Å². The Morgan fingerprint density at radius 2 is 2.04 bits per heavy atom. The Hall–Kier alpha value is -1.81. The molecule has 0 aliphatic rings. The van der Waals surface area contributed by atoms with Crippen LogP contribution in [0.3, 0.4) is 0 Å². The van der Waals surface area contributed by atoms with Gasteiger partial charge in [-0.15, -0.1) is 24.0 Å². The predicted octanol–water partition coefficient (Wildman–Crippen LogP) is 2.57. The van der Waals surface area contributed by atoms with E-state index in [0.29, 0.717) is 18.3 Å². The number of benzene rings is 1. The standard InChI is InChI=1S/C18H24FN3O3.HI/c1-2-20-18(21-10-9-16-4-3-11-24-16)22-12-15(23)13-25-17-7-5-14(19)6-8-17;/h3-8,11,15,23H,2,9-10,12-13H2,1H3,(H2,20,21,22);1H. The smallest absolute Gasteiger partial charge is 0.191 e. The number of hydrogen-bond acceptors (Lipinski definition) is 4. The number of aliphatic imine (C=N–C) groups is 1. The third kappa shape index (κ3) is 8.52.